The summed E-state index contributed by atoms with van der Waals surface area (Å²) in [7, 11) is 0. The van der Waals surface area contributed by atoms with E-state index in [2.05, 4.69) is 115 Å². The normalized spacial score (nSPS) is 10.7. The third kappa shape index (κ3) is 34.4. The second-order valence-corrected chi connectivity index (χ2v) is 19.6. The minimum atomic E-state index is 0. The third-order valence-corrected chi connectivity index (χ3v) is 13.5. The molecule has 0 unspecified atom stereocenters. The van der Waals surface area contributed by atoms with E-state index in [1.54, 1.807) is 16.7 Å². The fourth-order valence-corrected chi connectivity index (χ4v) is 8.92. The van der Waals surface area contributed by atoms with Crippen LogP contribution in [0, 0.1) is 45.5 Å². The second kappa shape index (κ2) is 49.1. The molecule has 0 radical (unpaired) electrons. The Labute approximate surface area is 438 Å². The van der Waals surface area contributed by atoms with Crippen LogP contribution >= 0.6 is 0 Å². The van der Waals surface area contributed by atoms with Gasteiger partial charge in [0, 0.05) is 0 Å². The average Bonchev–Trinajstić information content (AvgIpc) is 3.33. The van der Waals surface area contributed by atoms with E-state index in [1.165, 1.54) is 207 Å². The van der Waals surface area contributed by atoms with Crippen LogP contribution in [0.3, 0.4) is 0 Å². The van der Waals surface area contributed by atoms with Gasteiger partial charge in [-0.25, -0.2) is 0 Å². The predicted octanol–water partition coefficient (Wildman–Crippen LogP) is 20.6. The smallest absolute Gasteiger partial charge is 0.694 e. The Bertz CT molecular complexity index is 1630. The van der Waals surface area contributed by atoms with Crippen LogP contribution in [0.5, 0.6) is 0 Å². The van der Waals surface area contributed by atoms with Crippen molar-refractivity contribution in [3.8, 4) is 11.8 Å². The van der Waals surface area contributed by atoms with E-state index >= 15 is 0 Å². The van der Waals surface area contributed by atoms with Crippen molar-refractivity contribution in [1.82, 2.24) is 0 Å². The second-order valence-electron chi connectivity index (χ2n) is 19.6. The van der Waals surface area contributed by atoms with E-state index in [-0.39, 0.29) is 20.4 Å². The van der Waals surface area contributed by atoms with Gasteiger partial charge in [0.05, 0.1) is 5.57 Å². The molecule has 0 aliphatic carbocycles. The molecule has 0 saturated heterocycles. The first-order valence-corrected chi connectivity index (χ1v) is 28.4. The van der Waals surface area contributed by atoms with Crippen LogP contribution in [-0.4, -0.2) is 10.7 Å². The third-order valence-electron chi connectivity index (χ3n) is 13.5. The number of nitrogens with zero attached hydrogens (tertiary/aromatic N) is 2. The molecule has 2 nitrogen and oxygen atoms in total. The molecule has 0 N–H and O–H groups in total. The molecule has 0 atom stereocenters. The zero-order valence-corrected chi connectivity index (χ0v) is 47.6. The molecule has 68 heavy (non-hydrogen) atoms. The van der Waals surface area contributed by atoms with E-state index in [0.717, 1.165) is 63.4 Å². The number of aryl methyl sites for hydroxylation is 4. The molecule has 0 saturated carbocycles. The summed E-state index contributed by atoms with van der Waals surface area (Å²) < 4.78 is 0. The Morgan fingerprint density at radius 1 is 0.471 bits per heavy atom. The summed E-state index contributed by atoms with van der Waals surface area (Å²) in [5.41, 5.74) is 23.0. The van der Waals surface area contributed by atoms with Gasteiger partial charge in [-0.2, -0.15) is 0 Å². The average molecular weight is 1020 g/mol. The van der Waals surface area contributed by atoms with Crippen LogP contribution in [0.25, 0.3) is 11.1 Å². The van der Waals surface area contributed by atoms with Crippen LogP contribution in [-0.2, 0) is 39.7 Å². The molecule has 2 aromatic carbocycles. The van der Waals surface area contributed by atoms with Crippen molar-refractivity contribution in [1.29, 1.82) is 0 Å². The number of benzene rings is 2. The van der Waals surface area contributed by atoms with Gasteiger partial charge in [-0.05, 0) is 154 Å². The minimum absolute atomic E-state index is 0. The van der Waals surface area contributed by atoms with Crippen LogP contribution in [0.4, 0.5) is 0 Å². The molecular weight excluding hydrogens is 915 g/mol. The first-order valence-electron chi connectivity index (χ1n) is 28.4. The van der Waals surface area contributed by atoms with Crippen molar-refractivity contribution in [3.05, 3.63) is 98.8 Å². The van der Waals surface area contributed by atoms with Gasteiger partial charge in [0.15, 0.2) is 0 Å². The Kier molecular flexibility index (Phi) is 48.5. The van der Waals surface area contributed by atoms with Crippen molar-refractivity contribution in [3.63, 3.8) is 0 Å². The quantitative estimate of drug-likeness (QED) is 0.00945. The van der Waals surface area contributed by atoms with Crippen molar-refractivity contribution in [2.45, 2.75) is 293 Å². The van der Waals surface area contributed by atoms with Crippen LogP contribution in [0.1, 0.15) is 298 Å². The van der Waals surface area contributed by atoms with Crippen LogP contribution < -0.4 is 0 Å². The number of hydrogen-bond acceptors (Lipinski definition) is 0. The Balaban J connectivity index is 0. The van der Waals surface area contributed by atoms with Gasteiger partial charge in [-0.1, -0.05) is 220 Å². The fourth-order valence-electron chi connectivity index (χ4n) is 8.92. The van der Waals surface area contributed by atoms with Gasteiger partial charge in [-0.3, -0.25) is 0 Å². The summed E-state index contributed by atoms with van der Waals surface area (Å²) in [6.07, 6.45) is 60.9. The van der Waals surface area contributed by atoms with Gasteiger partial charge in [-0.15, -0.1) is 4.79 Å². The number of rotatable bonds is 37. The molecule has 2 rings (SSSR count). The maximum atomic E-state index is 9.51. The molecule has 3 heteroatoms. The molecule has 0 aliphatic rings. The van der Waals surface area contributed by atoms with Crippen molar-refractivity contribution in [2.75, 3.05) is 0 Å². The first kappa shape index (κ1) is 67.2. The van der Waals surface area contributed by atoms with Crippen LogP contribution in [0.2, 0.25) is 0 Å². The Morgan fingerprint density at radius 2 is 0.809 bits per heavy atom. The van der Waals surface area contributed by atoms with Gasteiger partial charge >= 0.3 is 26.3 Å². The molecular formula is C65H104N2Pd. The van der Waals surface area contributed by atoms with Crippen LogP contribution in [0.15, 0.2) is 35.9 Å². The summed E-state index contributed by atoms with van der Waals surface area (Å²) in [4.78, 5) is 3.36. The summed E-state index contributed by atoms with van der Waals surface area (Å²) in [5.74, 6) is 7.78. The zero-order valence-electron chi connectivity index (χ0n) is 46.1. The van der Waals surface area contributed by atoms with Gasteiger partial charge < -0.3 is 30.2 Å². The van der Waals surface area contributed by atoms with Crippen molar-refractivity contribution < 1.29 is 25.2 Å². The standard InChI is InChI=1S/C41H62N2.2C12H21.Pd/c1-8-12-16-19-23-36-29-39(30-37(24-20-17-13-9-2)40(36)25-21-18-14-10-3)41(28-35(31-43-42)22-15-11-4)38-26-32(5)34(7)33(6)27-38;2*1-3-5-7-9-11-12-10-8-6-4-2;/h26-30H,8-25H2,1-7H3;2*3,5-12H2,1H3;/q;2*-1;+2. The van der Waals surface area contributed by atoms with E-state index in [9.17, 15) is 5.53 Å². The predicted molar refractivity (Wildman–Crippen MR) is 298 cm³/mol. The SMILES string of the molecule is CCCCCCc1cc(C(=CC(=C=[N+]=[N-])CCCC)c2cc(C)c(C)c(C)c2)cc(CCCCCC)c1CCCCCC.[C-]#CCCCCCCCCCC.[C-]#CCCCCCCCCCC.[Pd+2]. The summed E-state index contributed by atoms with van der Waals surface area (Å²) in [6, 6.07) is 9.76. The topological polar surface area (TPSA) is 36.4 Å². The molecule has 2 aromatic rings. The number of unbranched alkanes of at least 4 members (excludes halogenated alkanes) is 26. The maximum Gasteiger partial charge on any atom is 2.00 e. The minimum Gasteiger partial charge on any atom is -0.694 e. The number of allylic oxidation sites excluding steroid dienone is 2. The Morgan fingerprint density at radius 3 is 1.18 bits per heavy atom. The van der Waals surface area contributed by atoms with Crippen molar-refractivity contribution >= 4 is 11.4 Å². The van der Waals surface area contributed by atoms with E-state index < -0.39 is 0 Å². The summed E-state index contributed by atoms with van der Waals surface area (Å²) >= 11 is 0. The number of hydrogen-bond donors (Lipinski definition) is 0. The van der Waals surface area contributed by atoms with E-state index in [1.807, 2.05) is 0 Å². The molecule has 0 heterocycles. The summed E-state index contributed by atoms with van der Waals surface area (Å²) in [6.45, 7) is 20.3. The zero-order chi connectivity index (χ0) is 49.6. The molecule has 384 valence electrons. The molecule has 0 aliphatic heterocycles. The fraction of sp³-hybridized carbons (Fsp3) is 0.692. The van der Waals surface area contributed by atoms with E-state index in [0.29, 0.717) is 0 Å². The molecule has 0 spiro atoms. The van der Waals surface area contributed by atoms with Gasteiger partial charge in [0.25, 0.3) is 0 Å². The largest absolute Gasteiger partial charge is 2.00 e. The van der Waals surface area contributed by atoms with Crippen molar-refractivity contribution in [2.24, 2.45) is 0 Å². The maximum absolute atomic E-state index is 9.51. The first-order chi connectivity index (χ1) is 32.7. The summed E-state index contributed by atoms with van der Waals surface area (Å²) in [5, 5.41) is 0. The van der Waals surface area contributed by atoms with E-state index in [4.69, 9.17) is 12.8 Å². The monoisotopic (exact) mass is 1020 g/mol. The molecule has 0 fully saturated rings. The molecule has 0 aromatic heterocycles. The van der Waals surface area contributed by atoms with Gasteiger partial charge in [0.2, 0.25) is 0 Å². The molecule has 0 amide bonds. The Hall–Kier alpha value is -2.88. The van der Waals surface area contributed by atoms with Gasteiger partial charge in [0.1, 0.15) is 0 Å². The molecule has 0 bridgehead atoms.